The molecule has 1 aliphatic rings. The van der Waals surface area contributed by atoms with Crippen molar-refractivity contribution >= 4 is 54.5 Å². The van der Waals surface area contributed by atoms with Gasteiger partial charge in [-0.05, 0) is 39.7 Å². The van der Waals surface area contributed by atoms with Crippen LogP contribution in [0.3, 0.4) is 0 Å². The van der Waals surface area contributed by atoms with Gasteiger partial charge in [-0.15, -0.1) is 0 Å². The lowest BCUT2D eigenvalue weighted by Gasteiger charge is -2.07. The first-order valence-corrected chi connectivity index (χ1v) is 8.77. The van der Waals surface area contributed by atoms with Gasteiger partial charge in [-0.2, -0.15) is 0 Å². The van der Waals surface area contributed by atoms with Crippen molar-refractivity contribution in [1.29, 1.82) is 0 Å². The molecule has 2 nitrogen and oxygen atoms in total. The Morgan fingerprint density at radius 1 is 1.10 bits per heavy atom. The molecule has 0 aromatic heterocycles. The highest BCUT2D eigenvalue weighted by Gasteiger charge is 2.20. The van der Waals surface area contributed by atoms with Gasteiger partial charge in [-0.25, -0.2) is 0 Å². The van der Waals surface area contributed by atoms with Gasteiger partial charge in [-0.1, -0.05) is 58.0 Å². The van der Waals surface area contributed by atoms with Crippen molar-refractivity contribution in [2.45, 2.75) is 6.04 Å². The molecule has 1 aliphatic heterocycles. The minimum absolute atomic E-state index is 0.248. The van der Waals surface area contributed by atoms with Crippen LogP contribution in [0.4, 0.5) is 5.69 Å². The Morgan fingerprint density at radius 2 is 1.90 bits per heavy atom. The van der Waals surface area contributed by atoms with Crippen molar-refractivity contribution in [1.82, 2.24) is 0 Å². The molecule has 0 radical (unpaired) electrons. The second-order valence-electron chi connectivity index (χ2n) is 4.42. The molecule has 0 saturated heterocycles. The number of amidine groups is 1. The highest BCUT2D eigenvalue weighted by Crippen LogP contribution is 2.33. The molecule has 20 heavy (non-hydrogen) atoms. The Labute approximate surface area is 139 Å². The lowest BCUT2D eigenvalue weighted by atomic mass is 10.1. The molecule has 1 heterocycles. The van der Waals surface area contributed by atoms with Gasteiger partial charge in [0.05, 0.1) is 11.7 Å². The molecular weight excluding hydrogens is 400 g/mol. The highest BCUT2D eigenvalue weighted by atomic mass is 79.9. The molecule has 0 fully saturated rings. The first-order chi connectivity index (χ1) is 9.72. The van der Waals surface area contributed by atoms with Crippen LogP contribution >= 0.6 is 43.6 Å². The largest absolute Gasteiger partial charge is 0.334 e. The van der Waals surface area contributed by atoms with E-state index in [0.717, 1.165) is 25.6 Å². The van der Waals surface area contributed by atoms with Crippen LogP contribution in [0, 0.1) is 0 Å². The Bertz CT molecular complexity index is 644. The second-order valence-corrected chi connectivity index (χ2v) is 7.20. The van der Waals surface area contributed by atoms with Crippen molar-refractivity contribution in [2.75, 3.05) is 11.1 Å². The van der Waals surface area contributed by atoms with Crippen LogP contribution in [0.15, 0.2) is 62.5 Å². The fourth-order valence-corrected chi connectivity index (χ4v) is 4.11. The van der Waals surface area contributed by atoms with Gasteiger partial charge in [0.25, 0.3) is 0 Å². The number of halogens is 2. The van der Waals surface area contributed by atoms with Crippen LogP contribution in [0.25, 0.3) is 0 Å². The molecule has 3 rings (SSSR count). The first-order valence-electron chi connectivity index (χ1n) is 6.20. The summed E-state index contributed by atoms with van der Waals surface area (Å²) >= 11 is 8.77. The van der Waals surface area contributed by atoms with Crippen LogP contribution < -0.4 is 5.32 Å². The zero-order valence-corrected chi connectivity index (χ0v) is 14.5. The monoisotopic (exact) mass is 410 g/mol. The Balaban J connectivity index is 1.76. The summed E-state index contributed by atoms with van der Waals surface area (Å²) in [5.41, 5.74) is 2.31. The van der Waals surface area contributed by atoms with Gasteiger partial charge in [0.1, 0.15) is 0 Å². The van der Waals surface area contributed by atoms with E-state index in [9.17, 15) is 0 Å². The maximum atomic E-state index is 4.75. The van der Waals surface area contributed by atoms with Gasteiger partial charge >= 0.3 is 0 Å². The van der Waals surface area contributed by atoms with Crippen LogP contribution in [-0.4, -0.2) is 10.9 Å². The van der Waals surface area contributed by atoms with Gasteiger partial charge in [0.15, 0.2) is 5.17 Å². The molecule has 0 spiro atoms. The summed E-state index contributed by atoms with van der Waals surface area (Å²) in [7, 11) is 0. The van der Waals surface area contributed by atoms with Crippen LogP contribution in [0.5, 0.6) is 0 Å². The minimum Gasteiger partial charge on any atom is -0.334 e. The number of hydrogen-bond acceptors (Lipinski definition) is 3. The molecule has 0 aliphatic carbocycles. The van der Waals surface area contributed by atoms with E-state index in [1.165, 1.54) is 5.56 Å². The molecule has 2 aromatic rings. The van der Waals surface area contributed by atoms with Gasteiger partial charge in [-0.3, -0.25) is 4.99 Å². The maximum absolute atomic E-state index is 4.75. The minimum atomic E-state index is 0.248. The predicted molar refractivity (Wildman–Crippen MR) is 94.5 cm³/mol. The van der Waals surface area contributed by atoms with E-state index in [2.05, 4.69) is 61.4 Å². The number of nitrogens with one attached hydrogen (secondary N) is 1. The standard InChI is InChI=1S/C15H12Br2N2S/c16-11-6-7-13(12(17)8-11)18-15-19-14(9-20-15)10-4-2-1-3-5-10/h1-8,14H,9H2,(H,18,19). The average molecular weight is 412 g/mol. The third kappa shape index (κ3) is 3.27. The summed E-state index contributed by atoms with van der Waals surface area (Å²) in [6.45, 7) is 0. The summed E-state index contributed by atoms with van der Waals surface area (Å²) in [6, 6.07) is 16.7. The van der Waals surface area contributed by atoms with Crippen molar-refractivity contribution in [3.05, 3.63) is 63.0 Å². The summed E-state index contributed by atoms with van der Waals surface area (Å²) < 4.78 is 2.08. The fraction of sp³-hybridized carbons (Fsp3) is 0.133. The third-order valence-electron chi connectivity index (χ3n) is 3.01. The third-order valence-corrected chi connectivity index (χ3v) is 5.12. The molecule has 0 bridgehead atoms. The quantitative estimate of drug-likeness (QED) is 0.708. The molecule has 102 valence electrons. The normalized spacial score (nSPS) is 17.9. The number of aliphatic imine (C=N–C) groups is 1. The van der Waals surface area contributed by atoms with Gasteiger partial charge < -0.3 is 5.32 Å². The average Bonchev–Trinajstić information content (AvgIpc) is 2.92. The second kappa shape index (κ2) is 6.33. The number of hydrogen-bond donors (Lipinski definition) is 1. The summed E-state index contributed by atoms with van der Waals surface area (Å²) in [4.78, 5) is 4.75. The molecule has 5 heteroatoms. The van der Waals surface area contributed by atoms with E-state index in [0.29, 0.717) is 0 Å². The topological polar surface area (TPSA) is 24.4 Å². The molecule has 1 unspecified atom stereocenters. The Morgan fingerprint density at radius 3 is 2.65 bits per heavy atom. The van der Waals surface area contributed by atoms with Crippen molar-refractivity contribution in [3.8, 4) is 0 Å². The fourth-order valence-electron chi connectivity index (χ4n) is 1.99. The van der Waals surface area contributed by atoms with Crippen LogP contribution in [0.1, 0.15) is 11.6 Å². The summed E-state index contributed by atoms with van der Waals surface area (Å²) in [6.07, 6.45) is 0. The Kier molecular flexibility index (Phi) is 4.48. The number of benzene rings is 2. The molecule has 2 aromatic carbocycles. The van der Waals surface area contributed by atoms with Gasteiger partial charge in [0.2, 0.25) is 0 Å². The van der Waals surface area contributed by atoms with E-state index < -0.39 is 0 Å². The van der Waals surface area contributed by atoms with E-state index in [-0.39, 0.29) is 6.04 Å². The van der Waals surface area contributed by atoms with Crippen molar-refractivity contribution in [3.63, 3.8) is 0 Å². The lowest BCUT2D eigenvalue weighted by molar-refractivity contribution is 0.849. The van der Waals surface area contributed by atoms with Gasteiger partial charge in [0, 0.05) is 14.7 Å². The molecule has 1 atom stereocenters. The number of thioether (sulfide) groups is 1. The van der Waals surface area contributed by atoms with Crippen LogP contribution in [0.2, 0.25) is 0 Å². The summed E-state index contributed by atoms with van der Waals surface area (Å²) in [5, 5.41) is 4.36. The van der Waals surface area contributed by atoms with E-state index in [4.69, 9.17) is 4.99 Å². The molecule has 0 saturated carbocycles. The number of nitrogens with zero attached hydrogens (tertiary/aromatic N) is 1. The van der Waals surface area contributed by atoms with E-state index in [1.807, 2.05) is 24.3 Å². The summed E-state index contributed by atoms with van der Waals surface area (Å²) in [5.74, 6) is 0.987. The van der Waals surface area contributed by atoms with E-state index in [1.54, 1.807) is 11.8 Å². The lowest BCUT2D eigenvalue weighted by Crippen LogP contribution is -2.05. The van der Waals surface area contributed by atoms with Crippen molar-refractivity contribution < 1.29 is 0 Å². The SMILES string of the molecule is Brc1ccc(NC2=NC(c3ccccc3)CS2)c(Br)c1. The first kappa shape index (κ1) is 14.2. The van der Waals surface area contributed by atoms with Crippen LogP contribution in [-0.2, 0) is 0 Å². The highest BCUT2D eigenvalue weighted by molar-refractivity contribution is 9.11. The maximum Gasteiger partial charge on any atom is 0.161 e. The zero-order valence-electron chi connectivity index (χ0n) is 10.5. The number of anilines is 1. The molecule has 1 N–H and O–H groups in total. The van der Waals surface area contributed by atoms with Crippen molar-refractivity contribution in [2.24, 2.45) is 4.99 Å². The number of rotatable bonds is 2. The molecule has 0 amide bonds. The smallest absolute Gasteiger partial charge is 0.161 e. The van der Waals surface area contributed by atoms with E-state index >= 15 is 0 Å². The molecular formula is C15H12Br2N2S. The zero-order chi connectivity index (χ0) is 13.9. The Hall–Kier alpha value is -0.780. The predicted octanol–water partition coefficient (Wildman–Crippen LogP) is 5.47.